The molecule has 1 fully saturated rings. The Bertz CT molecular complexity index is 412. The molecule has 7 heteroatoms. The number of piperidine rings is 1. The predicted molar refractivity (Wildman–Crippen MR) is 62.0 cm³/mol. The summed E-state index contributed by atoms with van der Waals surface area (Å²) in [6, 6.07) is 0. The Morgan fingerprint density at radius 2 is 2.12 bits per heavy atom. The van der Waals surface area contributed by atoms with Crippen LogP contribution in [0.4, 0.5) is 0 Å². The molecule has 0 aromatic heterocycles. The minimum atomic E-state index is -0.324. The number of hydrogen-bond donors (Lipinski definition) is 2. The second-order valence-corrected chi connectivity index (χ2v) is 3.74. The molecule has 0 atom stereocenters. The van der Waals surface area contributed by atoms with Gasteiger partial charge in [-0.15, -0.1) is 5.11 Å². The summed E-state index contributed by atoms with van der Waals surface area (Å²) in [4.78, 5) is 18.0. The van der Waals surface area contributed by atoms with Gasteiger partial charge in [-0.3, -0.25) is 4.79 Å². The zero-order chi connectivity index (χ0) is 12.1. The molecule has 0 aromatic rings. The van der Waals surface area contributed by atoms with E-state index in [0.29, 0.717) is 11.4 Å². The summed E-state index contributed by atoms with van der Waals surface area (Å²) in [5, 5.41) is 19.1. The number of amidine groups is 1. The number of hydrogen-bond acceptors (Lipinski definition) is 6. The molecule has 0 bridgehead atoms. The molecule has 0 spiro atoms. The van der Waals surface area contributed by atoms with Gasteiger partial charge in [-0.05, 0) is 25.9 Å². The van der Waals surface area contributed by atoms with E-state index in [0.717, 1.165) is 25.9 Å². The molecule has 2 N–H and O–H groups in total. The third-order valence-corrected chi connectivity index (χ3v) is 2.47. The van der Waals surface area contributed by atoms with Gasteiger partial charge in [-0.1, -0.05) is 0 Å². The van der Waals surface area contributed by atoms with Crippen LogP contribution in [0.1, 0.15) is 12.8 Å². The van der Waals surface area contributed by atoms with Crippen LogP contribution in [0, 0.1) is 0 Å². The summed E-state index contributed by atoms with van der Waals surface area (Å²) in [5.41, 5.74) is 0.377. The Hall–Kier alpha value is -1.73. The number of rotatable bonds is 0. The first-order chi connectivity index (χ1) is 8.27. The molecule has 3 rings (SSSR count). The molecule has 3 aliphatic heterocycles. The van der Waals surface area contributed by atoms with Crippen molar-refractivity contribution in [2.45, 2.75) is 18.9 Å². The van der Waals surface area contributed by atoms with Gasteiger partial charge in [-0.2, -0.15) is 10.1 Å². The fraction of sp³-hybridized carbons (Fsp3) is 0.500. The monoisotopic (exact) mass is 235 g/mol. The van der Waals surface area contributed by atoms with Gasteiger partial charge in [0.2, 0.25) is 0 Å². The van der Waals surface area contributed by atoms with Crippen molar-refractivity contribution in [1.29, 1.82) is 0 Å². The number of carbonyl (C=O) groups excluding carboxylic acids is 1. The summed E-state index contributed by atoms with van der Waals surface area (Å²) in [5.74, 6) is 0.0370. The number of aliphatic hydroxyl groups is 1. The van der Waals surface area contributed by atoms with E-state index in [4.69, 9.17) is 5.11 Å². The predicted octanol–water partition coefficient (Wildman–Crippen LogP) is 0.0338. The molecule has 17 heavy (non-hydrogen) atoms. The van der Waals surface area contributed by atoms with E-state index in [2.05, 4.69) is 25.5 Å². The quantitative estimate of drug-likeness (QED) is 0.619. The summed E-state index contributed by atoms with van der Waals surface area (Å²) in [6.45, 7) is 1.97. The lowest BCUT2D eigenvalue weighted by Crippen LogP contribution is -2.30. The van der Waals surface area contributed by atoms with Crippen LogP contribution in [0.5, 0.6) is 0 Å². The number of amides is 1. The molecule has 0 radical (unpaired) electrons. The van der Waals surface area contributed by atoms with Crippen molar-refractivity contribution in [2.75, 3.05) is 13.1 Å². The van der Waals surface area contributed by atoms with Crippen molar-refractivity contribution in [3.8, 4) is 0 Å². The summed E-state index contributed by atoms with van der Waals surface area (Å²) < 4.78 is 0. The maximum absolute atomic E-state index is 10.8. The van der Waals surface area contributed by atoms with Gasteiger partial charge in [0.05, 0.1) is 12.3 Å². The standard InChI is InChI=1S/C5H2N4O.C5H11NO/c10-5-3-1-8-9-4(3)6-2-7-5;7-5-1-3-6-4-2-5/h1-2H;5-7H,1-4H2. The largest absolute Gasteiger partial charge is 0.393 e. The first-order valence-corrected chi connectivity index (χ1v) is 5.42. The zero-order valence-corrected chi connectivity index (χ0v) is 9.20. The lowest BCUT2D eigenvalue weighted by molar-refractivity contribution is -0.113. The SMILES string of the molecule is O=C1N=CN=C2N=NC=C12.OC1CCNCC1. The van der Waals surface area contributed by atoms with Crippen molar-refractivity contribution >= 4 is 18.1 Å². The van der Waals surface area contributed by atoms with Crippen molar-refractivity contribution in [2.24, 2.45) is 20.2 Å². The number of aliphatic imine (C=N–C) groups is 2. The van der Waals surface area contributed by atoms with E-state index in [1.807, 2.05) is 0 Å². The number of carbonyl (C=O) groups is 1. The highest BCUT2D eigenvalue weighted by molar-refractivity contribution is 6.26. The Morgan fingerprint density at radius 3 is 2.71 bits per heavy atom. The molecule has 0 saturated carbocycles. The molecule has 90 valence electrons. The van der Waals surface area contributed by atoms with Crippen molar-refractivity contribution in [1.82, 2.24) is 5.32 Å². The lowest BCUT2D eigenvalue weighted by atomic mass is 10.1. The van der Waals surface area contributed by atoms with Gasteiger partial charge in [0.1, 0.15) is 11.9 Å². The number of nitrogens with one attached hydrogen (secondary N) is 1. The van der Waals surface area contributed by atoms with Gasteiger partial charge in [-0.25, -0.2) is 4.99 Å². The average molecular weight is 235 g/mol. The van der Waals surface area contributed by atoms with Gasteiger partial charge in [0.25, 0.3) is 5.91 Å². The number of nitrogens with zero attached hydrogens (tertiary/aromatic N) is 4. The Kier molecular flexibility index (Phi) is 3.84. The van der Waals surface area contributed by atoms with Gasteiger partial charge < -0.3 is 10.4 Å². The highest BCUT2D eigenvalue weighted by Gasteiger charge is 2.20. The number of fused-ring (bicyclic) bond motifs is 1. The van der Waals surface area contributed by atoms with Gasteiger partial charge in [0.15, 0.2) is 5.84 Å². The van der Waals surface area contributed by atoms with Crippen LogP contribution in [0.25, 0.3) is 0 Å². The third kappa shape index (κ3) is 3.11. The molecule has 0 aromatic carbocycles. The minimum Gasteiger partial charge on any atom is -0.393 e. The van der Waals surface area contributed by atoms with Crippen LogP contribution >= 0.6 is 0 Å². The van der Waals surface area contributed by atoms with Gasteiger partial charge >= 0.3 is 0 Å². The zero-order valence-electron chi connectivity index (χ0n) is 9.20. The molecular formula is C10H13N5O2. The van der Waals surface area contributed by atoms with E-state index >= 15 is 0 Å². The van der Waals surface area contributed by atoms with Crippen LogP contribution in [0.3, 0.4) is 0 Å². The minimum absolute atomic E-state index is 0.0266. The molecule has 3 aliphatic rings. The Morgan fingerprint density at radius 1 is 1.35 bits per heavy atom. The smallest absolute Gasteiger partial charge is 0.284 e. The normalized spacial score (nSPS) is 22.5. The molecule has 7 nitrogen and oxygen atoms in total. The summed E-state index contributed by atoms with van der Waals surface area (Å²) in [6.07, 6.45) is 4.37. The second kappa shape index (κ2) is 5.55. The Balaban J connectivity index is 0.000000136. The number of aliphatic hydroxyl groups excluding tert-OH is 1. The summed E-state index contributed by atoms with van der Waals surface area (Å²) in [7, 11) is 0. The highest BCUT2D eigenvalue weighted by Crippen LogP contribution is 2.12. The van der Waals surface area contributed by atoms with E-state index in [1.54, 1.807) is 0 Å². The average Bonchev–Trinajstić information content (AvgIpc) is 2.80. The van der Waals surface area contributed by atoms with E-state index in [1.165, 1.54) is 12.5 Å². The maximum Gasteiger partial charge on any atom is 0.284 e. The van der Waals surface area contributed by atoms with Crippen LogP contribution in [0.15, 0.2) is 32.0 Å². The third-order valence-electron chi connectivity index (χ3n) is 2.47. The van der Waals surface area contributed by atoms with E-state index < -0.39 is 0 Å². The first-order valence-electron chi connectivity index (χ1n) is 5.42. The van der Waals surface area contributed by atoms with Crippen LogP contribution < -0.4 is 5.32 Å². The fourth-order valence-electron chi connectivity index (χ4n) is 1.51. The molecule has 0 aliphatic carbocycles. The molecule has 1 saturated heterocycles. The van der Waals surface area contributed by atoms with Gasteiger partial charge in [0, 0.05) is 0 Å². The van der Waals surface area contributed by atoms with Crippen LogP contribution in [0.2, 0.25) is 0 Å². The highest BCUT2D eigenvalue weighted by atomic mass is 16.3. The second-order valence-electron chi connectivity index (χ2n) is 3.74. The topological polar surface area (TPSA) is 98.8 Å². The summed E-state index contributed by atoms with van der Waals surface area (Å²) >= 11 is 0. The van der Waals surface area contributed by atoms with E-state index in [-0.39, 0.29) is 12.0 Å². The lowest BCUT2D eigenvalue weighted by Gasteiger charge is -2.16. The fourth-order valence-corrected chi connectivity index (χ4v) is 1.51. The number of azo groups is 1. The molecule has 3 heterocycles. The molecule has 0 unspecified atom stereocenters. The maximum atomic E-state index is 10.8. The Labute approximate surface area is 98.1 Å². The first kappa shape index (κ1) is 11.7. The molecule has 1 amide bonds. The van der Waals surface area contributed by atoms with E-state index in [9.17, 15) is 4.79 Å². The molecular weight excluding hydrogens is 222 g/mol. The van der Waals surface area contributed by atoms with Crippen molar-refractivity contribution < 1.29 is 9.90 Å². The van der Waals surface area contributed by atoms with Crippen LogP contribution in [-0.4, -0.2) is 42.4 Å². The van der Waals surface area contributed by atoms with Crippen molar-refractivity contribution in [3.05, 3.63) is 11.8 Å². The van der Waals surface area contributed by atoms with Crippen molar-refractivity contribution in [3.63, 3.8) is 0 Å². The van der Waals surface area contributed by atoms with Crippen LogP contribution in [-0.2, 0) is 4.79 Å².